The van der Waals surface area contributed by atoms with E-state index >= 15 is 0 Å². The molecule has 0 amide bonds. The zero-order valence-electron chi connectivity index (χ0n) is 70.6. The number of ether oxygens (including phenoxy) is 3. The standard InChI is InChI=1S/C33H37OP2.C32H34OP2.C25H26BrOP.3C5H10.CH4.3Fe.Np/c1-34-33(30-23-15-25-32(30)36(2,3)28-20-11-6-12-21-28)29-22-13-14-24-31(29)35(26-16-7-4-8-17-26)27-18-9-5-10-19-27;1-33-32(28-22-14-24-30(28)34(2)25-15-6-3-7-16-25)29-21-12-13-23-31(29)35(26-17-8-4-9-18-26)27-19-10-5-11-20-27;1-27-25(21-16-10-17-23(21)26)22-15-8-9-18-24(22)28(19-11-4-2-5-12-19)20-13-6-3-7-14-20;3*1-2-4-5-3-1;;;;;/h4-14,16-22,24,30,32-33H,15,23,25H2,1-3H3;3-13,15-21,23,28,30,32H,14,22,24H2,1-2H3;2-9,11-15,18,21,23,25H,10,16-17H2,1H3;3*1-5H2;1H4;;;;/q+1;;;;;;;;;;/p+1/t30?,32?,33-;28?,30?,32-,34?;21?,23?,25-;;;;;;;;/m011......../s1. The zero-order chi connectivity index (χ0) is 78.9. The number of hydrogen-bond donors (Lipinski definition) is 0. The first-order valence-corrected chi connectivity index (χ1v) is 52.9. The fraction of sp³-hybridized carbons (Fsp3) is 0.377. The Balaban J connectivity index is 0.000000222. The third-order valence-electron chi connectivity index (χ3n) is 24.8. The smallest absolute Gasteiger partial charge is 0.0936 e. The average molecular weight is 2090 g/mol. The van der Waals surface area contributed by atoms with E-state index in [2.05, 4.69) is 351 Å². The van der Waals surface area contributed by atoms with E-state index in [9.17, 15) is 0 Å². The molecule has 0 saturated heterocycles. The van der Waals surface area contributed by atoms with Gasteiger partial charge in [-0.1, -0.05) is 417 Å². The van der Waals surface area contributed by atoms with Gasteiger partial charge in [0.05, 0.1) is 60.2 Å². The molecule has 0 bridgehead atoms. The Morgan fingerprint density at radius 3 is 0.849 bits per heavy atom. The van der Waals surface area contributed by atoms with Crippen molar-refractivity contribution in [2.24, 2.45) is 17.8 Å². The van der Waals surface area contributed by atoms with Crippen LogP contribution in [0.15, 0.2) is 315 Å². The first kappa shape index (κ1) is 103. The Kier molecular flexibility index (Phi) is 48.2. The Bertz CT molecular complexity index is 4320. The summed E-state index contributed by atoms with van der Waals surface area (Å²) in [5, 5.41) is 15.7. The number of methoxy groups -OCH3 is 3. The fourth-order valence-corrected chi connectivity index (χ4v) is 33.5. The molecule has 17 rings (SSSR count). The van der Waals surface area contributed by atoms with Gasteiger partial charge in [0.1, 0.15) is 0 Å². The molecule has 0 N–H and O–H groups in total. The molecule has 3 nitrogen and oxygen atoms in total. The van der Waals surface area contributed by atoms with Gasteiger partial charge in [-0.3, -0.25) is 0 Å². The van der Waals surface area contributed by atoms with Gasteiger partial charge in [0, 0.05) is 140 Å². The van der Waals surface area contributed by atoms with Crippen LogP contribution in [0.4, 0.5) is 0 Å². The maximum atomic E-state index is 6.47. The molecule has 13 heteroatoms. The zero-order valence-corrected chi connectivity index (χ0v) is 83.8. The van der Waals surface area contributed by atoms with Crippen LogP contribution in [-0.4, -0.2) is 57.5 Å². The second-order valence-electron chi connectivity index (χ2n) is 32.4. The number of halogens is 1. The Morgan fingerprint density at radius 1 is 0.303 bits per heavy atom. The van der Waals surface area contributed by atoms with E-state index in [-0.39, 0.29) is 107 Å². The molecule has 119 heavy (non-hydrogen) atoms. The van der Waals surface area contributed by atoms with Crippen LogP contribution in [-0.2, 0) is 65.4 Å². The van der Waals surface area contributed by atoms with Crippen molar-refractivity contribution >= 4 is 113 Å². The van der Waals surface area contributed by atoms with Gasteiger partial charge >= 0.3 is 0 Å². The minimum absolute atomic E-state index is 0. The van der Waals surface area contributed by atoms with Crippen LogP contribution in [0.3, 0.4) is 0 Å². The molecule has 0 heterocycles. The molecular formula is C106H132BrFe3NpO3P5+2. The number of alkyl halides is 1. The van der Waals surface area contributed by atoms with Crippen molar-refractivity contribution in [3.8, 4) is 0 Å². The molecule has 6 aliphatic rings. The van der Waals surface area contributed by atoms with Crippen LogP contribution in [0.1, 0.15) is 197 Å². The minimum Gasteiger partial charge on any atom is -0.376 e. The quantitative estimate of drug-likeness (QED) is 0.0384. The van der Waals surface area contributed by atoms with Gasteiger partial charge in [-0.25, -0.2) is 0 Å². The van der Waals surface area contributed by atoms with Gasteiger partial charge in [-0.2, -0.15) is 0 Å². The molecule has 11 aromatic carbocycles. The molecule has 0 aliphatic heterocycles. The van der Waals surface area contributed by atoms with E-state index in [0.29, 0.717) is 28.2 Å². The summed E-state index contributed by atoms with van der Waals surface area (Å²) in [6, 6.07) is 116. The maximum absolute atomic E-state index is 6.47. The van der Waals surface area contributed by atoms with Crippen molar-refractivity contribution in [3.05, 3.63) is 332 Å². The molecule has 6 fully saturated rings. The molecular weight excluding hydrogens is 1960 g/mol. The Morgan fingerprint density at radius 2 is 0.546 bits per heavy atom. The largest absolute Gasteiger partial charge is 0.376 e. The van der Waals surface area contributed by atoms with Gasteiger partial charge in [-0.15, -0.1) is 0 Å². The first-order valence-electron chi connectivity index (χ1n) is 43.2. The van der Waals surface area contributed by atoms with E-state index in [4.69, 9.17) is 14.2 Å². The van der Waals surface area contributed by atoms with Crippen LogP contribution in [0, 0.1) is 47.7 Å². The summed E-state index contributed by atoms with van der Waals surface area (Å²) < 4.78 is 19.0. The van der Waals surface area contributed by atoms with Crippen molar-refractivity contribution in [1.82, 2.24) is 0 Å². The van der Waals surface area contributed by atoms with E-state index < -0.39 is 38.9 Å². The van der Waals surface area contributed by atoms with Gasteiger partial charge < -0.3 is 14.2 Å². The summed E-state index contributed by atoms with van der Waals surface area (Å²) in [7, 11) is 1.77. The predicted molar refractivity (Wildman–Crippen MR) is 518 cm³/mol. The van der Waals surface area contributed by atoms with Gasteiger partial charge in [0.15, 0.2) is 0 Å². The number of benzene rings is 11. The SMILES string of the molecule is C.C1CCCC1.C1CCCC1.C1CCCC1.CO[C@@H](c1ccccc1P(c1ccccc1)c1ccccc1)C1CCCC1Br.CO[C@@H](c1ccccc1P(c1ccccc1)c1ccccc1)C1CCCC1[P+](C)(C)c1ccccc1.CO[C@@H](c1ccccc1P(c1ccccc1)c1ccccc1)C1CCCC1[PH+](C)c1ccccc1.[Fe].[Fe].[Fe].[Np]. The van der Waals surface area contributed by atoms with Crippen molar-refractivity contribution in [2.75, 3.05) is 41.3 Å². The summed E-state index contributed by atoms with van der Waals surface area (Å²) in [4.78, 5) is 0.533. The van der Waals surface area contributed by atoms with E-state index in [0.717, 1.165) is 5.66 Å². The summed E-state index contributed by atoms with van der Waals surface area (Å²) in [6.45, 7) is 7.61. The van der Waals surface area contributed by atoms with Crippen molar-refractivity contribution in [3.63, 3.8) is 0 Å². The average Bonchev–Trinajstić information content (AvgIpc) is 1.77. The Labute approximate surface area is 787 Å². The molecule has 0 spiro atoms. The summed E-state index contributed by atoms with van der Waals surface area (Å²) in [6.07, 6.45) is 34.3. The van der Waals surface area contributed by atoms with Crippen LogP contribution in [0.25, 0.3) is 0 Å². The van der Waals surface area contributed by atoms with Crippen LogP contribution >= 0.6 is 54.9 Å². The van der Waals surface area contributed by atoms with Crippen molar-refractivity contribution in [2.45, 2.75) is 196 Å². The van der Waals surface area contributed by atoms with E-state index in [1.807, 2.05) is 21.3 Å². The van der Waals surface area contributed by atoms with Crippen molar-refractivity contribution < 1.29 is 95.4 Å². The topological polar surface area (TPSA) is 27.7 Å². The molecule has 1 radical (unpaired) electrons. The second kappa shape index (κ2) is 55.9. The Hall–Kier alpha value is -3.50. The third-order valence-corrected chi connectivity index (χ3v) is 40.5. The minimum atomic E-state index is -1.32. The van der Waals surface area contributed by atoms with E-state index in [1.54, 1.807) is 10.6 Å². The fourth-order valence-electron chi connectivity index (χ4n) is 19.0. The van der Waals surface area contributed by atoms with Crippen molar-refractivity contribution in [1.29, 1.82) is 0 Å². The molecule has 10 atom stereocenters. The molecule has 6 saturated carbocycles. The summed E-state index contributed by atoms with van der Waals surface area (Å²) in [5.74, 6) is 1.61. The molecule has 11 aromatic rings. The van der Waals surface area contributed by atoms with Crippen LogP contribution < -0.4 is 58.3 Å². The molecule has 7 unspecified atom stereocenters. The monoisotopic (exact) mass is 2090 g/mol. The molecule has 6 aliphatic carbocycles. The molecule has 0 aromatic heterocycles. The maximum Gasteiger partial charge on any atom is 0.0936 e. The third kappa shape index (κ3) is 28.8. The first-order chi connectivity index (χ1) is 56.2. The number of rotatable bonds is 22. The van der Waals surface area contributed by atoms with Crippen LogP contribution in [0.2, 0.25) is 0 Å². The van der Waals surface area contributed by atoms with Gasteiger partial charge in [0.25, 0.3) is 0 Å². The van der Waals surface area contributed by atoms with Crippen LogP contribution in [0.5, 0.6) is 0 Å². The van der Waals surface area contributed by atoms with Gasteiger partial charge in [0.2, 0.25) is 0 Å². The predicted octanol–water partition coefficient (Wildman–Crippen LogP) is 25.6. The van der Waals surface area contributed by atoms with Gasteiger partial charge in [-0.05, 0) is 164 Å². The second-order valence-corrected chi connectivity index (χ2v) is 47.0. The van der Waals surface area contributed by atoms with E-state index in [1.165, 1.54) is 219 Å². The summed E-state index contributed by atoms with van der Waals surface area (Å²) in [5.41, 5.74) is 5.51. The summed E-state index contributed by atoms with van der Waals surface area (Å²) >= 11 is 3.92. The normalized spacial score (nSPS) is 19.3. The molecule has 633 valence electrons. The number of hydrogen-bond acceptors (Lipinski definition) is 3.